The molecule has 24 heavy (non-hydrogen) atoms. The van der Waals surface area contributed by atoms with Crippen molar-refractivity contribution in [2.45, 2.75) is 33.2 Å². The quantitative estimate of drug-likeness (QED) is 0.837. The predicted molar refractivity (Wildman–Crippen MR) is 102 cm³/mol. The fourth-order valence-electron chi connectivity index (χ4n) is 2.83. The molecule has 0 aliphatic carbocycles. The molecule has 130 valence electrons. The number of nitrogens with two attached hydrogens (primary N) is 1. The minimum absolute atomic E-state index is 0. The average molecular weight is 347 g/mol. The molecule has 0 aliphatic rings. The molecule has 0 saturated carbocycles. The van der Waals surface area contributed by atoms with E-state index in [1.54, 1.807) is 0 Å². The summed E-state index contributed by atoms with van der Waals surface area (Å²) in [6.45, 7) is 6.70. The number of amides is 1. The summed E-state index contributed by atoms with van der Waals surface area (Å²) >= 11 is 0. The van der Waals surface area contributed by atoms with Gasteiger partial charge in [0.25, 0.3) is 0 Å². The van der Waals surface area contributed by atoms with Gasteiger partial charge < -0.3 is 11.1 Å². The van der Waals surface area contributed by atoms with Crippen LogP contribution in [0, 0.1) is 19.8 Å². The molecule has 0 fully saturated rings. The van der Waals surface area contributed by atoms with E-state index in [4.69, 9.17) is 5.73 Å². The number of nitrogens with one attached hydrogen (secondary N) is 1. The Bertz CT molecular complexity index is 638. The Hall–Kier alpha value is -1.84. The topological polar surface area (TPSA) is 55.1 Å². The molecule has 1 amide bonds. The Morgan fingerprint density at radius 3 is 2.25 bits per heavy atom. The van der Waals surface area contributed by atoms with Crippen molar-refractivity contribution in [3.05, 3.63) is 70.8 Å². The van der Waals surface area contributed by atoms with Gasteiger partial charge in [-0.05, 0) is 31.4 Å². The highest BCUT2D eigenvalue weighted by Gasteiger charge is 2.21. The first-order chi connectivity index (χ1) is 11.0. The highest BCUT2D eigenvalue weighted by Crippen LogP contribution is 2.19. The van der Waals surface area contributed by atoms with Gasteiger partial charge >= 0.3 is 0 Å². The lowest BCUT2D eigenvalue weighted by atomic mass is 9.94. The van der Waals surface area contributed by atoms with E-state index >= 15 is 0 Å². The number of hydrogen-bond acceptors (Lipinski definition) is 2. The van der Waals surface area contributed by atoms with Gasteiger partial charge in [0.2, 0.25) is 5.91 Å². The summed E-state index contributed by atoms with van der Waals surface area (Å²) in [6, 6.07) is 16.0. The normalized spacial score (nSPS) is 12.8. The van der Waals surface area contributed by atoms with E-state index in [1.807, 2.05) is 37.3 Å². The zero-order valence-corrected chi connectivity index (χ0v) is 15.4. The van der Waals surface area contributed by atoms with E-state index in [0.29, 0.717) is 6.54 Å². The Balaban J connectivity index is 0.00000288. The Kier molecular flexibility index (Phi) is 7.96. The summed E-state index contributed by atoms with van der Waals surface area (Å²) in [7, 11) is 0. The van der Waals surface area contributed by atoms with Crippen molar-refractivity contribution in [1.82, 2.24) is 5.32 Å². The van der Waals surface area contributed by atoms with Gasteiger partial charge in [0.15, 0.2) is 0 Å². The fourth-order valence-corrected chi connectivity index (χ4v) is 2.83. The first kappa shape index (κ1) is 20.2. The van der Waals surface area contributed by atoms with Crippen molar-refractivity contribution < 1.29 is 4.79 Å². The van der Waals surface area contributed by atoms with Crippen LogP contribution in [0.2, 0.25) is 0 Å². The van der Waals surface area contributed by atoms with Gasteiger partial charge in [0.1, 0.15) is 0 Å². The van der Waals surface area contributed by atoms with Crippen LogP contribution in [0.3, 0.4) is 0 Å². The monoisotopic (exact) mass is 346 g/mol. The zero-order chi connectivity index (χ0) is 16.8. The molecule has 0 bridgehead atoms. The third-order valence-electron chi connectivity index (χ3n) is 4.13. The van der Waals surface area contributed by atoms with Gasteiger partial charge in [-0.15, -0.1) is 12.4 Å². The third kappa shape index (κ3) is 5.66. The van der Waals surface area contributed by atoms with Gasteiger partial charge in [-0.1, -0.05) is 66.6 Å². The molecule has 0 spiro atoms. The van der Waals surface area contributed by atoms with E-state index in [-0.39, 0.29) is 30.3 Å². The zero-order valence-electron chi connectivity index (χ0n) is 14.6. The van der Waals surface area contributed by atoms with Crippen molar-refractivity contribution in [3.8, 4) is 0 Å². The second-order valence-electron chi connectivity index (χ2n) is 6.26. The molecule has 0 aromatic heterocycles. The lowest BCUT2D eigenvalue weighted by molar-refractivity contribution is -0.125. The Labute approximate surface area is 151 Å². The van der Waals surface area contributed by atoms with Crippen molar-refractivity contribution >= 4 is 18.3 Å². The summed E-state index contributed by atoms with van der Waals surface area (Å²) in [5, 5.41) is 3.00. The first-order valence-corrected chi connectivity index (χ1v) is 8.13. The number of carbonyl (C=O) groups is 1. The van der Waals surface area contributed by atoms with Crippen molar-refractivity contribution in [1.29, 1.82) is 0 Å². The SMILES string of the molecule is Cc1cc(C)cc(CCNC(=O)C(C)C(N)c2ccccc2)c1.Cl. The first-order valence-electron chi connectivity index (χ1n) is 8.13. The van der Waals surface area contributed by atoms with Crippen molar-refractivity contribution in [2.75, 3.05) is 6.54 Å². The molecule has 2 aromatic rings. The van der Waals surface area contributed by atoms with Crippen LogP contribution in [0.1, 0.15) is 35.2 Å². The van der Waals surface area contributed by atoms with Crippen molar-refractivity contribution in [2.24, 2.45) is 11.7 Å². The minimum atomic E-state index is -0.280. The maximum atomic E-state index is 12.3. The minimum Gasteiger partial charge on any atom is -0.355 e. The molecule has 2 unspecified atom stereocenters. The van der Waals surface area contributed by atoms with Crippen LogP contribution >= 0.6 is 12.4 Å². The molecule has 0 saturated heterocycles. The van der Waals surface area contributed by atoms with Crippen molar-refractivity contribution in [3.63, 3.8) is 0 Å². The number of halogens is 1. The predicted octanol–water partition coefficient (Wildman–Crippen LogP) is 3.72. The van der Waals surface area contributed by atoms with Gasteiger partial charge in [0, 0.05) is 12.6 Å². The largest absolute Gasteiger partial charge is 0.355 e. The summed E-state index contributed by atoms with van der Waals surface area (Å²) in [5.74, 6) is -0.248. The second-order valence-corrected chi connectivity index (χ2v) is 6.26. The maximum absolute atomic E-state index is 12.3. The number of rotatable bonds is 6. The summed E-state index contributed by atoms with van der Waals surface area (Å²) < 4.78 is 0. The molecule has 3 nitrogen and oxygen atoms in total. The summed E-state index contributed by atoms with van der Waals surface area (Å²) in [6.07, 6.45) is 0.835. The highest BCUT2D eigenvalue weighted by molar-refractivity contribution is 5.85. The smallest absolute Gasteiger partial charge is 0.224 e. The van der Waals surface area contributed by atoms with E-state index in [0.717, 1.165) is 12.0 Å². The number of benzene rings is 2. The lowest BCUT2D eigenvalue weighted by Gasteiger charge is -2.20. The molecular formula is C20H27ClN2O. The highest BCUT2D eigenvalue weighted by atomic mass is 35.5. The van der Waals surface area contributed by atoms with E-state index < -0.39 is 0 Å². The van der Waals surface area contributed by atoms with Gasteiger partial charge in [0.05, 0.1) is 5.92 Å². The molecule has 4 heteroatoms. The molecule has 2 atom stereocenters. The standard InChI is InChI=1S/C20H26N2O.ClH/c1-14-11-15(2)13-17(12-14)9-10-22-20(23)16(3)19(21)18-7-5-4-6-8-18;/h4-8,11-13,16,19H,9-10,21H2,1-3H3,(H,22,23);1H. The summed E-state index contributed by atoms with van der Waals surface area (Å²) in [4.78, 5) is 12.3. The van der Waals surface area contributed by atoms with E-state index in [1.165, 1.54) is 16.7 Å². The maximum Gasteiger partial charge on any atom is 0.224 e. The van der Waals surface area contributed by atoms with Crippen LogP contribution in [-0.4, -0.2) is 12.5 Å². The molecule has 0 aliphatic heterocycles. The van der Waals surface area contributed by atoms with Gasteiger partial charge in [-0.3, -0.25) is 4.79 Å². The molecule has 2 rings (SSSR count). The third-order valence-corrected chi connectivity index (χ3v) is 4.13. The van der Waals surface area contributed by atoms with Crippen LogP contribution in [0.5, 0.6) is 0 Å². The second kappa shape index (κ2) is 9.45. The fraction of sp³-hybridized carbons (Fsp3) is 0.350. The van der Waals surface area contributed by atoms with Crippen LogP contribution in [0.4, 0.5) is 0 Å². The molecule has 2 aromatic carbocycles. The molecule has 0 radical (unpaired) electrons. The van der Waals surface area contributed by atoms with Crippen LogP contribution in [0.15, 0.2) is 48.5 Å². The molecule has 3 N–H and O–H groups in total. The lowest BCUT2D eigenvalue weighted by Crippen LogP contribution is -2.36. The van der Waals surface area contributed by atoms with E-state index in [2.05, 4.69) is 37.4 Å². The Morgan fingerprint density at radius 2 is 1.67 bits per heavy atom. The number of aryl methyl sites for hydroxylation is 2. The molecular weight excluding hydrogens is 320 g/mol. The number of hydrogen-bond donors (Lipinski definition) is 2. The number of carbonyl (C=O) groups excluding carboxylic acids is 1. The van der Waals surface area contributed by atoms with Gasteiger partial charge in [-0.25, -0.2) is 0 Å². The van der Waals surface area contributed by atoms with E-state index in [9.17, 15) is 4.79 Å². The van der Waals surface area contributed by atoms with Gasteiger partial charge in [-0.2, -0.15) is 0 Å². The van der Waals surface area contributed by atoms with Crippen LogP contribution < -0.4 is 11.1 Å². The molecule has 0 heterocycles. The summed E-state index contributed by atoms with van der Waals surface area (Å²) in [5.41, 5.74) is 11.0. The van der Waals surface area contributed by atoms with Crippen LogP contribution in [-0.2, 0) is 11.2 Å². The average Bonchev–Trinajstić information content (AvgIpc) is 2.53. The van der Waals surface area contributed by atoms with Crippen LogP contribution in [0.25, 0.3) is 0 Å². The Morgan fingerprint density at radius 1 is 1.08 bits per heavy atom.